The highest BCUT2D eigenvalue weighted by molar-refractivity contribution is 5.98. The summed E-state index contributed by atoms with van der Waals surface area (Å²) in [5.41, 5.74) is 3.86. The smallest absolute Gasteiger partial charge is 0.243 e. The number of aromatic nitrogens is 2. The molecule has 0 unspecified atom stereocenters. The van der Waals surface area contributed by atoms with Crippen molar-refractivity contribution in [3.63, 3.8) is 0 Å². The Labute approximate surface area is 192 Å². The maximum Gasteiger partial charge on any atom is 0.243 e. The second-order valence-electron chi connectivity index (χ2n) is 9.29. The van der Waals surface area contributed by atoms with Crippen molar-refractivity contribution in [3.05, 3.63) is 84.7 Å². The number of fused-ring (bicyclic) bond motifs is 2. The molecular formula is C27H28N4O2. The van der Waals surface area contributed by atoms with Gasteiger partial charge in [-0.15, -0.1) is 6.58 Å². The number of aromatic amines is 1. The fourth-order valence-corrected chi connectivity index (χ4v) is 4.69. The molecule has 0 saturated carbocycles. The maximum atomic E-state index is 13.0. The summed E-state index contributed by atoms with van der Waals surface area (Å²) in [6.07, 6.45) is 6.77. The molecule has 1 aliphatic rings. The zero-order valence-electron chi connectivity index (χ0n) is 18.9. The fourth-order valence-electron chi connectivity index (χ4n) is 4.69. The summed E-state index contributed by atoms with van der Waals surface area (Å²) in [5.74, 6) is -0.306. The molecule has 2 amide bonds. The van der Waals surface area contributed by atoms with E-state index in [1.807, 2.05) is 48.7 Å². The number of nitrogens with zero attached hydrogens (tertiary/aromatic N) is 1. The highest BCUT2D eigenvalue weighted by atomic mass is 16.2. The van der Waals surface area contributed by atoms with Crippen molar-refractivity contribution < 1.29 is 9.59 Å². The Bertz CT molecular complexity index is 1380. The zero-order valence-corrected chi connectivity index (χ0v) is 18.9. The summed E-state index contributed by atoms with van der Waals surface area (Å²) in [6, 6.07) is 14.9. The first-order valence-corrected chi connectivity index (χ1v) is 11.3. The number of allylic oxidation sites excluding steroid dienone is 1. The van der Waals surface area contributed by atoms with Gasteiger partial charge in [0, 0.05) is 47.0 Å². The highest BCUT2D eigenvalue weighted by Crippen LogP contribution is 2.29. The van der Waals surface area contributed by atoms with Crippen molar-refractivity contribution in [1.29, 1.82) is 0 Å². The third-order valence-corrected chi connectivity index (χ3v) is 6.70. The number of para-hydroxylation sites is 2. The lowest BCUT2D eigenvalue weighted by atomic mass is 9.98. The van der Waals surface area contributed by atoms with Gasteiger partial charge in [-0.3, -0.25) is 9.59 Å². The minimum atomic E-state index is -0.609. The molecule has 0 bridgehead atoms. The van der Waals surface area contributed by atoms with E-state index in [9.17, 15) is 9.59 Å². The lowest BCUT2D eigenvalue weighted by Gasteiger charge is -2.29. The maximum absolute atomic E-state index is 13.0. The van der Waals surface area contributed by atoms with E-state index in [2.05, 4.69) is 58.9 Å². The van der Waals surface area contributed by atoms with Crippen LogP contribution in [0, 0.1) is 0 Å². The third-order valence-electron chi connectivity index (χ3n) is 6.70. The van der Waals surface area contributed by atoms with Crippen molar-refractivity contribution in [2.75, 3.05) is 0 Å². The first-order chi connectivity index (χ1) is 15.9. The van der Waals surface area contributed by atoms with E-state index in [1.165, 1.54) is 0 Å². The SMILES string of the molecule is C=CC(C)(C)n1cc(C[C@@H]2NC(=O)[C@H](Cc3c[nH]c4ccccc34)NC2=O)c2ccccc21. The van der Waals surface area contributed by atoms with E-state index >= 15 is 0 Å². The molecule has 4 aromatic rings. The number of rotatable bonds is 6. The molecule has 1 aliphatic heterocycles. The summed E-state index contributed by atoms with van der Waals surface area (Å²) >= 11 is 0. The van der Waals surface area contributed by atoms with Crippen molar-refractivity contribution in [3.8, 4) is 0 Å². The molecular weight excluding hydrogens is 412 g/mol. The lowest BCUT2D eigenvalue weighted by molar-refractivity contribution is -0.136. The Hall–Kier alpha value is -3.80. The molecule has 2 aromatic heterocycles. The molecule has 1 saturated heterocycles. The number of piperazine rings is 1. The van der Waals surface area contributed by atoms with Gasteiger partial charge >= 0.3 is 0 Å². The van der Waals surface area contributed by atoms with E-state index in [0.29, 0.717) is 12.8 Å². The van der Waals surface area contributed by atoms with Crippen molar-refractivity contribution in [2.24, 2.45) is 0 Å². The second-order valence-corrected chi connectivity index (χ2v) is 9.29. The molecule has 3 heterocycles. The van der Waals surface area contributed by atoms with Gasteiger partial charge < -0.3 is 20.2 Å². The average Bonchev–Trinajstić information content (AvgIpc) is 3.39. The molecule has 6 heteroatoms. The van der Waals surface area contributed by atoms with Gasteiger partial charge in [-0.25, -0.2) is 0 Å². The van der Waals surface area contributed by atoms with Crippen LogP contribution in [0.3, 0.4) is 0 Å². The third kappa shape index (κ3) is 3.71. The minimum Gasteiger partial charge on any atom is -0.361 e. The molecule has 6 nitrogen and oxygen atoms in total. The van der Waals surface area contributed by atoms with Crippen LogP contribution >= 0.6 is 0 Å². The van der Waals surface area contributed by atoms with Gasteiger partial charge in [0.1, 0.15) is 12.1 Å². The van der Waals surface area contributed by atoms with E-state index in [1.54, 1.807) is 0 Å². The molecule has 0 spiro atoms. The largest absolute Gasteiger partial charge is 0.361 e. The monoisotopic (exact) mass is 440 g/mol. The number of carbonyl (C=O) groups excluding carboxylic acids is 2. The summed E-state index contributed by atoms with van der Waals surface area (Å²) in [7, 11) is 0. The Morgan fingerprint density at radius 2 is 1.52 bits per heavy atom. The molecule has 33 heavy (non-hydrogen) atoms. The Kier molecular flexibility index (Phi) is 5.08. The molecule has 3 N–H and O–H groups in total. The van der Waals surface area contributed by atoms with Crippen LogP contribution in [-0.4, -0.2) is 33.4 Å². The topological polar surface area (TPSA) is 78.9 Å². The Morgan fingerprint density at radius 1 is 0.909 bits per heavy atom. The average molecular weight is 441 g/mol. The van der Waals surface area contributed by atoms with Gasteiger partial charge in [0.05, 0.1) is 5.54 Å². The van der Waals surface area contributed by atoms with E-state index in [-0.39, 0.29) is 17.4 Å². The van der Waals surface area contributed by atoms with Gasteiger partial charge in [0.25, 0.3) is 0 Å². The number of hydrogen-bond acceptors (Lipinski definition) is 2. The van der Waals surface area contributed by atoms with Crippen LogP contribution in [0.5, 0.6) is 0 Å². The van der Waals surface area contributed by atoms with Crippen LogP contribution in [-0.2, 0) is 28.0 Å². The van der Waals surface area contributed by atoms with Gasteiger partial charge in [-0.1, -0.05) is 42.5 Å². The number of carbonyl (C=O) groups is 2. The van der Waals surface area contributed by atoms with Crippen molar-refractivity contribution >= 4 is 33.6 Å². The van der Waals surface area contributed by atoms with Gasteiger partial charge in [0.15, 0.2) is 0 Å². The minimum absolute atomic E-state index is 0.153. The molecule has 2 atom stereocenters. The predicted molar refractivity (Wildman–Crippen MR) is 131 cm³/mol. The number of amides is 2. The fraction of sp³-hybridized carbons (Fsp3) is 0.259. The first kappa shape index (κ1) is 21.1. The first-order valence-electron chi connectivity index (χ1n) is 11.3. The van der Waals surface area contributed by atoms with Crippen LogP contribution in [0.4, 0.5) is 0 Å². The Morgan fingerprint density at radius 3 is 2.21 bits per heavy atom. The zero-order chi connectivity index (χ0) is 23.2. The number of benzene rings is 2. The van der Waals surface area contributed by atoms with Crippen LogP contribution < -0.4 is 10.6 Å². The second kappa shape index (κ2) is 7.96. The van der Waals surface area contributed by atoms with Crippen LogP contribution in [0.25, 0.3) is 21.8 Å². The molecule has 2 aromatic carbocycles. The van der Waals surface area contributed by atoms with Gasteiger partial charge in [0.2, 0.25) is 11.8 Å². The standard InChI is InChI=1S/C27H28N4O2/c1-4-27(2,3)31-16-18(20-10-6-8-12-24(20)31)14-23-26(33)29-22(25(32)30-23)13-17-15-28-21-11-7-5-9-19(17)21/h4-12,15-16,22-23,28H,1,13-14H2,2-3H3,(H,29,33)(H,30,32)/t22-,23-/m0/s1. The van der Waals surface area contributed by atoms with Crippen LogP contribution in [0.2, 0.25) is 0 Å². The number of nitrogens with one attached hydrogen (secondary N) is 3. The summed E-state index contributed by atoms with van der Waals surface area (Å²) in [4.78, 5) is 29.1. The quantitative estimate of drug-likeness (QED) is 0.399. The molecule has 0 aliphatic carbocycles. The molecule has 168 valence electrons. The summed E-state index contributed by atoms with van der Waals surface area (Å²) in [5, 5.41) is 8.06. The summed E-state index contributed by atoms with van der Waals surface area (Å²) in [6.45, 7) is 8.17. The van der Waals surface area contributed by atoms with Crippen molar-refractivity contribution in [1.82, 2.24) is 20.2 Å². The van der Waals surface area contributed by atoms with Crippen LogP contribution in [0.15, 0.2) is 73.6 Å². The number of hydrogen-bond donors (Lipinski definition) is 3. The van der Waals surface area contributed by atoms with Gasteiger partial charge in [-0.05, 0) is 37.1 Å². The predicted octanol–water partition coefficient (Wildman–Crippen LogP) is 3.81. The lowest BCUT2D eigenvalue weighted by Crippen LogP contribution is -2.62. The van der Waals surface area contributed by atoms with Crippen molar-refractivity contribution in [2.45, 2.75) is 44.3 Å². The molecule has 1 fully saturated rings. The Balaban J connectivity index is 1.36. The highest BCUT2D eigenvalue weighted by Gasteiger charge is 2.34. The van der Waals surface area contributed by atoms with E-state index in [0.717, 1.165) is 32.9 Å². The van der Waals surface area contributed by atoms with E-state index < -0.39 is 12.1 Å². The summed E-state index contributed by atoms with van der Waals surface area (Å²) < 4.78 is 2.17. The van der Waals surface area contributed by atoms with Gasteiger partial charge in [-0.2, -0.15) is 0 Å². The van der Waals surface area contributed by atoms with Crippen LogP contribution in [0.1, 0.15) is 25.0 Å². The number of H-pyrrole nitrogens is 1. The normalized spacial score (nSPS) is 19.0. The molecule has 0 radical (unpaired) electrons. The van der Waals surface area contributed by atoms with E-state index in [4.69, 9.17) is 0 Å². The molecule has 5 rings (SSSR count).